The molecular formula is C23H23BrClNO3. The van der Waals surface area contributed by atoms with Crippen LogP contribution in [0, 0.1) is 0 Å². The summed E-state index contributed by atoms with van der Waals surface area (Å²) in [7, 11) is 3.31. The zero-order valence-electron chi connectivity index (χ0n) is 16.4. The molecule has 0 aliphatic heterocycles. The van der Waals surface area contributed by atoms with Crippen molar-refractivity contribution in [1.29, 1.82) is 0 Å². The number of hydrogen-bond acceptors (Lipinski definition) is 4. The smallest absolute Gasteiger partial charge is 0.175 e. The standard InChI is InChI=1S/C23H23BrClNO3/c1-27-20-8-6-16(7-9-20)13-26-14-18-11-21(24)23(22(12-18)28-2)29-15-17-4-3-5-19(25)10-17/h3-12,26H,13-15H2,1-2H3. The quantitative estimate of drug-likeness (QED) is 0.412. The molecule has 6 heteroatoms. The van der Waals surface area contributed by atoms with Crippen molar-refractivity contribution in [1.82, 2.24) is 5.32 Å². The van der Waals surface area contributed by atoms with Crippen molar-refractivity contribution < 1.29 is 14.2 Å². The van der Waals surface area contributed by atoms with Gasteiger partial charge < -0.3 is 19.5 Å². The largest absolute Gasteiger partial charge is 0.497 e. The zero-order chi connectivity index (χ0) is 20.6. The van der Waals surface area contributed by atoms with Gasteiger partial charge in [0.2, 0.25) is 0 Å². The monoisotopic (exact) mass is 475 g/mol. The third-order valence-corrected chi connectivity index (χ3v) is 5.20. The van der Waals surface area contributed by atoms with Gasteiger partial charge in [0.25, 0.3) is 0 Å². The van der Waals surface area contributed by atoms with Crippen LogP contribution in [0.3, 0.4) is 0 Å². The molecule has 4 nitrogen and oxygen atoms in total. The van der Waals surface area contributed by atoms with Crippen molar-refractivity contribution >= 4 is 27.5 Å². The molecule has 3 aromatic carbocycles. The molecule has 3 rings (SSSR count). The van der Waals surface area contributed by atoms with Crippen LogP contribution in [0.1, 0.15) is 16.7 Å². The van der Waals surface area contributed by atoms with Gasteiger partial charge in [0.05, 0.1) is 18.7 Å². The molecule has 0 radical (unpaired) electrons. The van der Waals surface area contributed by atoms with Crippen LogP contribution >= 0.6 is 27.5 Å². The van der Waals surface area contributed by atoms with Gasteiger partial charge in [-0.25, -0.2) is 0 Å². The van der Waals surface area contributed by atoms with Crippen molar-refractivity contribution in [3.8, 4) is 17.2 Å². The van der Waals surface area contributed by atoms with E-state index in [0.29, 0.717) is 29.7 Å². The molecule has 0 bridgehead atoms. The van der Waals surface area contributed by atoms with E-state index in [-0.39, 0.29) is 0 Å². The molecule has 0 saturated carbocycles. The van der Waals surface area contributed by atoms with E-state index >= 15 is 0 Å². The van der Waals surface area contributed by atoms with Crippen LogP contribution < -0.4 is 19.5 Å². The number of nitrogens with one attached hydrogen (secondary N) is 1. The van der Waals surface area contributed by atoms with Gasteiger partial charge in [-0.1, -0.05) is 35.9 Å². The van der Waals surface area contributed by atoms with Gasteiger partial charge in [0.1, 0.15) is 12.4 Å². The summed E-state index contributed by atoms with van der Waals surface area (Å²) in [5.74, 6) is 2.21. The molecule has 0 aliphatic rings. The van der Waals surface area contributed by atoms with Gasteiger partial charge in [-0.05, 0) is 69.0 Å². The normalized spacial score (nSPS) is 10.6. The third-order valence-electron chi connectivity index (χ3n) is 4.38. The number of halogens is 2. The SMILES string of the molecule is COc1ccc(CNCc2cc(Br)c(OCc3cccc(Cl)c3)c(OC)c2)cc1. The second-order valence-corrected chi connectivity index (χ2v) is 7.77. The Kier molecular flexibility index (Phi) is 7.81. The van der Waals surface area contributed by atoms with E-state index in [2.05, 4.69) is 33.4 Å². The fourth-order valence-electron chi connectivity index (χ4n) is 2.89. The van der Waals surface area contributed by atoms with Crippen molar-refractivity contribution in [3.05, 3.63) is 86.8 Å². The lowest BCUT2D eigenvalue weighted by Gasteiger charge is -2.15. The Balaban J connectivity index is 1.62. The summed E-state index contributed by atoms with van der Waals surface area (Å²) >= 11 is 9.65. The van der Waals surface area contributed by atoms with E-state index in [1.54, 1.807) is 14.2 Å². The van der Waals surface area contributed by atoms with E-state index in [1.165, 1.54) is 5.56 Å². The molecule has 0 atom stereocenters. The first-order valence-electron chi connectivity index (χ1n) is 9.16. The lowest BCUT2D eigenvalue weighted by molar-refractivity contribution is 0.282. The van der Waals surface area contributed by atoms with Crippen LogP contribution in [-0.4, -0.2) is 14.2 Å². The maximum atomic E-state index is 6.04. The first-order chi connectivity index (χ1) is 14.1. The van der Waals surface area contributed by atoms with Crippen LogP contribution in [0.2, 0.25) is 5.02 Å². The molecule has 0 heterocycles. The van der Waals surface area contributed by atoms with Gasteiger partial charge in [-0.2, -0.15) is 0 Å². The van der Waals surface area contributed by atoms with Crippen molar-refractivity contribution in [3.63, 3.8) is 0 Å². The van der Waals surface area contributed by atoms with Crippen molar-refractivity contribution in [2.45, 2.75) is 19.7 Å². The van der Waals surface area contributed by atoms with Crippen LogP contribution in [0.25, 0.3) is 0 Å². The molecule has 0 saturated heterocycles. The molecule has 0 spiro atoms. The van der Waals surface area contributed by atoms with E-state index < -0.39 is 0 Å². The fourth-order valence-corrected chi connectivity index (χ4v) is 3.71. The van der Waals surface area contributed by atoms with Crippen LogP contribution in [0.5, 0.6) is 17.2 Å². The minimum atomic E-state index is 0.407. The fraction of sp³-hybridized carbons (Fsp3) is 0.217. The van der Waals surface area contributed by atoms with Gasteiger partial charge in [0, 0.05) is 18.1 Å². The molecule has 0 aromatic heterocycles. The Morgan fingerprint density at radius 1 is 0.862 bits per heavy atom. The van der Waals surface area contributed by atoms with Crippen LogP contribution in [0.15, 0.2) is 65.1 Å². The van der Waals surface area contributed by atoms with E-state index in [4.69, 9.17) is 25.8 Å². The summed E-state index contributed by atoms with van der Waals surface area (Å²) in [6.07, 6.45) is 0. The third kappa shape index (κ3) is 6.13. The number of benzene rings is 3. The summed E-state index contributed by atoms with van der Waals surface area (Å²) < 4.78 is 17.6. The molecule has 0 amide bonds. The van der Waals surface area contributed by atoms with E-state index in [0.717, 1.165) is 27.9 Å². The van der Waals surface area contributed by atoms with Gasteiger partial charge in [-0.15, -0.1) is 0 Å². The number of hydrogen-bond donors (Lipinski definition) is 1. The maximum Gasteiger partial charge on any atom is 0.175 e. The highest BCUT2D eigenvalue weighted by Crippen LogP contribution is 2.37. The lowest BCUT2D eigenvalue weighted by Crippen LogP contribution is -2.13. The highest BCUT2D eigenvalue weighted by Gasteiger charge is 2.12. The predicted octanol–water partition coefficient (Wildman–Crippen LogP) is 5.99. The molecule has 1 N–H and O–H groups in total. The highest BCUT2D eigenvalue weighted by atomic mass is 79.9. The number of methoxy groups -OCH3 is 2. The topological polar surface area (TPSA) is 39.7 Å². The van der Waals surface area contributed by atoms with Gasteiger partial charge in [-0.3, -0.25) is 0 Å². The second kappa shape index (κ2) is 10.5. The minimum Gasteiger partial charge on any atom is -0.497 e. The Morgan fingerprint density at radius 2 is 1.62 bits per heavy atom. The van der Waals surface area contributed by atoms with Gasteiger partial charge in [0.15, 0.2) is 11.5 Å². The molecule has 0 fully saturated rings. The maximum absolute atomic E-state index is 6.04. The molecule has 152 valence electrons. The summed E-state index contributed by atoms with van der Waals surface area (Å²) in [5.41, 5.74) is 3.28. The number of ether oxygens (including phenoxy) is 3. The van der Waals surface area contributed by atoms with Gasteiger partial charge >= 0.3 is 0 Å². The Hall–Kier alpha value is -2.21. The van der Waals surface area contributed by atoms with E-state index in [9.17, 15) is 0 Å². The lowest BCUT2D eigenvalue weighted by atomic mass is 10.1. The molecule has 3 aromatic rings. The highest BCUT2D eigenvalue weighted by molar-refractivity contribution is 9.10. The Bertz CT molecular complexity index is 947. The molecule has 0 aliphatic carbocycles. The average molecular weight is 477 g/mol. The van der Waals surface area contributed by atoms with Crippen LogP contribution in [-0.2, 0) is 19.7 Å². The summed E-state index contributed by atoms with van der Waals surface area (Å²) in [6, 6.07) is 19.7. The van der Waals surface area contributed by atoms with Crippen LogP contribution in [0.4, 0.5) is 0 Å². The Morgan fingerprint density at radius 3 is 2.31 bits per heavy atom. The molecular weight excluding hydrogens is 454 g/mol. The average Bonchev–Trinajstić information content (AvgIpc) is 2.73. The summed E-state index contributed by atoms with van der Waals surface area (Å²) in [6.45, 7) is 1.87. The first-order valence-corrected chi connectivity index (χ1v) is 10.3. The Labute approximate surface area is 184 Å². The minimum absolute atomic E-state index is 0.407. The van der Waals surface area contributed by atoms with E-state index in [1.807, 2.05) is 48.5 Å². The summed E-state index contributed by atoms with van der Waals surface area (Å²) in [4.78, 5) is 0. The molecule has 0 unspecified atom stereocenters. The first kappa shape index (κ1) is 21.5. The molecule has 29 heavy (non-hydrogen) atoms. The van der Waals surface area contributed by atoms with Crippen molar-refractivity contribution in [2.24, 2.45) is 0 Å². The number of rotatable bonds is 9. The second-order valence-electron chi connectivity index (χ2n) is 6.48. The van der Waals surface area contributed by atoms with Crippen molar-refractivity contribution in [2.75, 3.05) is 14.2 Å². The summed E-state index contributed by atoms with van der Waals surface area (Å²) in [5, 5.41) is 4.14. The zero-order valence-corrected chi connectivity index (χ0v) is 18.7. The predicted molar refractivity (Wildman–Crippen MR) is 120 cm³/mol.